The number of likely N-dealkylation sites (tertiary alicyclic amines) is 1. The number of carboxylic acid groups (broad SMARTS) is 1. The van der Waals surface area contributed by atoms with Gasteiger partial charge in [-0.2, -0.15) is 18.3 Å². The molecule has 0 spiro atoms. The fourth-order valence-electron chi connectivity index (χ4n) is 2.22. The molecular weight excluding hydrogens is 279 g/mol. The van der Waals surface area contributed by atoms with E-state index in [1.807, 2.05) is 0 Å². The van der Waals surface area contributed by atoms with E-state index in [0.29, 0.717) is 0 Å². The van der Waals surface area contributed by atoms with Crippen LogP contribution in [0.3, 0.4) is 0 Å². The fourth-order valence-corrected chi connectivity index (χ4v) is 2.22. The van der Waals surface area contributed by atoms with E-state index in [4.69, 9.17) is 5.11 Å². The molecule has 110 valence electrons. The van der Waals surface area contributed by atoms with Gasteiger partial charge in [0.25, 0.3) is 0 Å². The van der Waals surface area contributed by atoms with E-state index in [2.05, 4.69) is 5.10 Å². The lowest BCUT2D eigenvalue weighted by Gasteiger charge is -2.18. The fraction of sp³-hybridized carbons (Fsp3) is 0.545. The van der Waals surface area contributed by atoms with Crippen LogP contribution in [0.2, 0.25) is 0 Å². The lowest BCUT2D eigenvalue weighted by Crippen LogP contribution is -2.34. The Balaban J connectivity index is 2.07. The van der Waals surface area contributed by atoms with E-state index in [0.717, 1.165) is 4.90 Å². The van der Waals surface area contributed by atoms with Crippen LogP contribution in [0.15, 0.2) is 18.5 Å². The molecule has 0 bridgehead atoms. The van der Waals surface area contributed by atoms with Crippen molar-refractivity contribution >= 4 is 11.9 Å². The molecule has 2 heterocycles. The summed E-state index contributed by atoms with van der Waals surface area (Å²) in [7, 11) is 0. The molecule has 1 aliphatic rings. The molecule has 1 saturated heterocycles. The molecule has 1 aromatic heterocycles. The Labute approximate surface area is 111 Å². The second-order valence-electron chi connectivity index (χ2n) is 4.60. The first-order chi connectivity index (χ1) is 9.29. The minimum atomic E-state index is -4.64. The van der Waals surface area contributed by atoms with Crippen LogP contribution in [-0.2, 0) is 16.1 Å². The molecule has 0 saturated carbocycles. The number of carboxylic acids is 1. The monoisotopic (exact) mass is 291 g/mol. The SMILES string of the molecule is O=C(O)[C@@H]1CN(C(=O)Cn2cccn2)C[C@H]1C(F)(F)F. The summed E-state index contributed by atoms with van der Waals surface area (Å²) in [5.41, 5.74) is 0. The summed E-state index contributed by atoms with van der Waals surface area (Å²) in [5.74, 6) is -5.76. The van der Waals surface area contributed by atoms with Crippen molar-refractivity contribution in [1.82, 2.24) is 14.7 Å². The molecule has 9 heteroatoms. The zero-order valence-corrected chi connectivity index (χ0v) is 10.2. The van der Waals surface area contributed by atoms with Crippen molar-refractivity contribution in [2.45, 2.75) is 12.7 Å². The Morgan fingerprint density at radius 3 is 2.50 bits per heavy atom. The molecule has 0 unspecified atom stereocenters. The highest BCUT2D eigenvalue weighted by atomic mass is 19.4. The van der Waals surface area contributed by atoms with Crippen molar-refractivity contribution in [3.05, 3.63) is 18.5 Å². The Hall–Kier alpha value is -2.06. The van der Waals surface area contributed by atoms with Gasteiger partial charge in [0.2, 0.25) is 5.91 Å². The summed E-state index contributed by atoms with van der Waals surface area (Å²) >= 11 is 0. The molecule has 0 aliphatic carbocycles. The quantitative estimate of drug-likeness (QED) is 0.885. The van der Waals surface area contributed by atoms with Crippen molar-refractivity contribution < 1.29 is 27.9 Å². The number of hydrogen-bond donors (Lipinski definition) is 1. The predicted octanol–water partition coefficient (Wildman–Crippen LogP) is 0.605. The van der Waals surface area contributed by atoms with Crippen LogP contribution in [0.25, 0.3) is 0 Å². The number of hydrogen-bond acceptors (Lipinski definition) is 3. The lowest BCUT2D eigenvalue weighted by atomic mass is 9.96. The Kier molecular flexibility index (Phi) is 3.69. The van der Waals surface area contributed by atoms with Crippen molar-refractivity contribution in [2.75, 3.05) is 13.1 Å². The number of halogens is 3. The van der Waals surface area contributed by atoms with Crippen molar-refractivity contribution in [3.8, 4) is 0 Å². The van der Waals surface area contributed by atoms with E-state index >= 15 is 0 Å². The van der Waals surface area contributed by atoms with Gasteiger partial charge in [-0.25, -0.2) is 0 Å². The van der Waals surface area contributed by atoms with Crippen LogP contribution in [0.4, 0.5) is 13.2 Å². The van der Waals surface area contributed by atoms with Gasteiger partial charge in [-0.05, 0) is 6.07 Å². The summed E-state index contributed by atoms with van der Waals surface area (Å²) in [6.45, 7) is -1.26. The molecule has 2 atom stereocenters. The van der Waals surface area contributed by atoms with Crippen molar-refractivity contribution in [3.63, 3.8) is 0 Å². The largest absolute Gasteiger partial charge is 0.481 e. The molecule has 1 aliphatic heterocycles. The summed E-state index contributed by atoms with van der Waals surface area (Å²) in [6.07, 6.45) is -1.69. The topological polar surface area (TPSA) is 75.4 Å². The number of amides is 1. The highest BCUT2D eigenvalue weighted by molar-refractivity contribution is 5.78. The molecule has 6 nitrogen and oxygen atoms in total. The molecule has 1 N–H and O–H groups in total. The lowest BCUT2D eigenvalue weighted by molar-refractivity contribution is -0.188. The second kappa shape index (κ2) is 5.14. The second-order valence-corrected chi connectivity index (χ2v) is 4.60. The number of alkyl halides is 3. The Morgan fingerprint density at radius 1 is 1.35 bits per heavy atom. The van der Waals surface area contributed by atoms with Gasteiger partial charge in [-0.15, -0.1) is 0 Å². The van der Waals surface area contributed by atoms with Crippen LogP contribution in [-0.4, -0.2) is 50.9 Å². The van der Waals surface area contributed by atoms with E-state index < -0.39 is 43.0 Å². The summed E-state index contributed by atoms with van der Waals surface area (Å²) in [6, 6.07) is 1.58. The third-order valence-corrected chi connectivity index (χ3v) is 3.27. The first-order valence-corrected chi connectivity index (χ1v) is 5.83. The van der Waals surface area contributed by atoms with Crippen molar-refractivity contribution in [1.29, 1.82) is 0 Å². The summed E-state index contributed by atoms with van der Waals surface area (Å²) < 4.78 is 39.6. The standard InChI is InChI=1S/C11H12F3N3O3/c12-11(13,14)8-5-16(4-7(8)10(19)20)9(18)6-17-3-1-2-15-17/h1-3,7-8H,4-6H2,(H,19,20)/t7-,8-/m1/s1. The van der Waals surface area contributed by atoms with E-state index in [-0.39, 0.29) is 6.54 Å². The van der Waals surface area contributed by atoms with Crippen LogP contribution < -0.4 is 0 Å². The Bertz CT molecular complexity index is 501. The Morgan fingerprint density at radius 2 is 2.05 bits per heavy atom. The predicted molar refractivity (Wildman–Crippen MR) is 59.5 cm³/mol. The molecule has 2 rings (SSSR count). The average molecular weight is 291 g/mol. The summed E-state index contributed by atoms with van der Waals surface area (Å²) in [5, 5.41) is 12.6. The molecule has 20 heavy (non-hydrogen) atoms. The maximum absolute atomic E-state index is 12.8. The number of nitrogens with zero attached hydrogens (tertiary/aromatic N) is 3. The van der Waals surface area contributed by atoms with Gasteiger partial charge in [0.15, 0.2) is 0 Å². The maximum atomic E-state index is 12.8. The molecule has 0 radical (unpaired) electrons. The molecule has 1 fully saturated rings. The highest BCUT2D eigenvalue weighted by Crippen LogP contribution is 2.37. The van der Waals surface area contributed by atoms with Gasteiger partial charge in [0.1, 0.15) is 6.54 Å². The van der Waals surface area contributed by atoms with Crippen LogP contribution in [0.5, 0.6) is 0 Å². The van der Waals surface area contributed by atoms with Gasteiger partial charge < -0.3 is 10.0 Å². The zero-order chi connectivity index (χ0) is 14.9. The van der Waals surface area contributed by atoms with E-state index in [1.54, 1.807) is 6.07 Å². The number of rotatable bonds is 3. The average Bonchev–Trinajstić information content (AvgIpc) is 2.95. The van der Waals surface area contributed by atoms with E-state index in [9.17, 15) is 22.8 Å². The third kappa shape index (κ3) is 2.91. The summed E-state index contributed by atoms with van der Waals surface area (Å²) in [4.78, 5) is 23.7. The highest BCUT2D eigenvalue weighted by Gasteiger charge is 2.53. The van der Waals surface area contributed by atoms with Crippen LogP contribution >= 0.6 is 0 Å². The normalized spacial score (nSPS) is 23.1. The third-order valence-electron chi connectivity index (χ3n) is 3.27. The molecule has 1 aromatic rings. The van der Waals surface area contributed by atoms with E-state index in [1.165, 1.54) is 17.1 Å². The van der Waals surface area contributed by atoms with Gasteiger partial charge in [0.05, 0.1) is 11.8 Å². The maximum Gasteiger partial charge on any atom is 0.394 e. The molecule has 1 amide bonds. The first-order valence-electron chi connectivity index (χ1n) is 5.83. The number of aromatic nitrogens is 2. The molecule has 0 aromatic carbocycles. The smallest absolute Gasteiger partial charge is 0.394 e. The van der Waals surface area contributed by atoms with Gasteiger partial charge in [0, 0.05) is 25.5 Å². The number of carbonyl (C=O) groups excluding carboxylic acids is 1. The van der Waals surface area contributed by atoms with Gasteiger partial charge >= 0.3 is 12.1 Å². The first kappa shape index (κ1) is 14.4. The minimum Gasteiger partial charge on any atom is -0.481 e. The number of carbonyl (C=O) groups is 2. The van der Waals surface area contributed by atoms with Crippen LogP contribution in [0.1, 0.15) is 0 Å². The van der Waals surface area contributed by atoms with Gasteiger partial charge in [-0.1, -0.05) is 0 Å². The zero-order valence-electron chi connectivity index (χ0n) is 10.2. The minimum absolute atomic E-state index is 0.204. The van der Waals surface area contributed by atoms with Gasteiger partial charge in [-0.3, -0.25) is 14.3 Å². The van der Waals surface area contributed by atoms with Crippen molar-refractivity contribution in [2.24, 2.45) is 11.8 Å². The molecular formula is C11H12F3N3O3. The van der Waals surface area contributed by atoms with Crippen LogP contribution in [0, 0.1) is 11.8 Å². The number of aliphatic carboxylic acids is 1.